The fraction of sp³-hybridized carbons (Fsp3) is 0.636. The van der Waals surface area contributed by atoms with Gasteiger partial charge in [-0.25, -0.2) is 9.97 Å². The number of nitrogens with zero attached hydrogens (tertiary/aromatic N) is 2. The first-order chi connectivity index (χ1) is 7.52. The molecule has 90 valence electrons. The zero-order chi connectivity index (χ0) is 12.1. The molecule has 0 aliphatic rings. The Morgan fingerprint density at radius 1 is 1.44 bits per heavy atom. The van der Waals surface area contributed by atoms with Crippen LogP contribution < -0.4 is 5.32 Å². The summed E-state index contributed by atoms with van der Waals surface area (Å²) >= 11 is 3.34. The summed E-state index contributed by atoms with van der Waals surface area (Å²) in [4.78, 5) is 8.45. The lowest BCUT2D eigenvalue weighted by molar-refractivity contribution is 0.267. The van der Waals surface area contributed by atoms with Gasteiger partial charge in [-0.3, -0.25) is 0 Å². The van der Waals surface area contributed by atoms with Gasteiger partial charge >= 0.3 is 0 Å². The molecular formula is C11H18BrN3O. The number of aliphatic hydroxyl groups excluding tert-OH is 1. The Labute approximate surface area is 105 Å². The van der Waals surface area contributed by atoms with Gasteiger partial charge in [0.05, 0.1) is 0 Å². The third-order valence-corrected chi connectivity index (χ3v) is 2.79. The number of aryl methyl sites for hydroxylation is 1. The second kappa shape index (κ2) is 6.15. The minimum absolute atomic E-state index is 0.182. The van der Waals surface area contributed by atoms with Crippen molar-refractivity contribution in [3.63, 3.8) is 0 Å². The molecule has 16 heavy (non-hydrogen) atoms. The Kier molecular flexibility index (Phi) is 5.15. The minimum atomic E-state index is 0.182. The van der Waals surface area contributed by atoms with E-state index in [0.29, 0.717) is 5.92 Å². The molecule has 0 aliphatic carbocycles. The van der Waals surface area contributed by atoms with Gasteiger partial charge in [0.25, 0.3) is 0 Å². The quantitative estimate of drug-likeness (QED) is 0.817. The molecule has 1 heterocycles. The summed E-state index contributed by atoms with van der Waals surface area (Å²) in [6.45, 7) is 6.28. The van der Waals surface area contributed by atoms with Crippen molar-refractivity contribution in [2.75, 3.05) is 11.9 Å². The number of aromatic nitrogens is 2. The predicted molar refractivity (Wildman–Crippen MR) is 68.4 cm³/mol. The third-order valence-electron chi connectivity index (χ3n) is 2.38. The van der Waals surface area contributed by atoms with Crippen LogP contribution >= 0.6 is 15.9 Å². The Bertz CT molecular complexity index is 324. The first-order valence-electron chi connectivity index (χ1n) is 5.41. The predicted octanol–water partition coefficient (Wildman–Crippen LogP) is 2.37. The van der Waals surface area contributed by atoms with Crippen LogP contribution in [0, 0.1) is 12.8 Å². The van der Waals surface area contributed by atoms with Gasteiger partial charge in [-0.2, -0.15) is 0 Å². The van der Waals surface area contributed by atoms with E-state index in [9.17, 15) is 0 Å². The number of anilines is 1. The van der Waals surface area contributed by atoms with Crippen LogP contribution in [0.1, 0.15) is 26.1 Å². The Balaban J connectivity index is 2.76. The fourth-order valence-corrected chi connectivity index (χ4v) is 1.98. The van der Waals surface area contributed by atoms with Crippen LogP contribution in [0.25, 0.3) is 0 Å². The topological polar surface area (TPSA) is 58.0 Å². The summed E-state index contributed by atoms with van der Waals surface area (Å²) < 4.78 is 0.772. The molecule has 0 aliphatic heterocycles. The van der Waals surface area contributed by atoms with Crippen LogP contribution in [0.5, 0.6) is 0 Å². The van der Waals surface area contributed by atoms with E-state index in [1.165, 1.54) is 0 Å². The van der Waals surface area contributed by atoms with Crippen molar-refractivity contribution in [3.8, 4) is 0 Å². The van der Waals surface area contributed by atoms with Crippen molar-refractivity contribution in [2.45, 2.75) is 33.2 Å². The monoisotopic (exact) mass is 287 g/mol. The molecule has 1 atom stereocenters. The Morgan fingerprint density at radius 3 is 2.62 bits per heavy atom. The van der Waals surface area contributed by atoms with Crippen LogP contribution in [0.3, 0.4) is 0 Å². The summed E-state index contributed by atoms with van der Waals surface area (Å²) in [5, 5.41) is 12.3. The van der Waals surface area contributed by atoms with Gasteiger partial charge < -0.3 is 10.4 Å². The molecule has 1 aromatic rings. The number of aliphatic hydroxyl groups is 1. The molecule has 4 nitrogen and oxygen atoms in total. The maximum atomic E-state index is 8.99. The SMILES string of the molecule is Cc1nc(Br)cc(NC(CCO)C(C)C)n1. The molecule has 5 heteroatoms. The molecule has 0 fully saturated rings. The van der Waals surface area contributed by atoms with Gasteiger partial charge in [0, 0.05) is 18.7 Å². The maximum absolute atomic E-state index is 8.99. The zero-order valence-corrected chi connectivity index (χ0v) is 11.5. The molecule has 1 unspecified atom stereocenters. The highest BCUT2D eigenvalue weighted by molar-refractivity contribution is 9.10. The van der Waals surface area contributed by atoms with Crippen LogP contribution in [0.15, 0.2) is 10.7 Å². The van der Waals surface area contributed by atoms with Crippen LogP contribution in [0.2, 0.25) is 0 Å². The summed E-state index contributed by atoms with van der Waals surface area (Å²) in [6, 6.07) is 2.07. The second-order valence-electron chi connectivity index (χ2n) is 4.13. The zero-order valence-electron chi connectivity index (χ0n) is 9.87. The average Bonchev–Trinajstić information content (AvgIpc) is 2.15. The maximum Gasteiger partial charge on any atom is 0.131 e. The third kappa shape index (κ3) is 4.06. The number of halogens is 1. The van der Waals surface area contributed by atoms with E-state index >= 15 is 0 Å². The Hall–Kier alpha value is -0.680. The van der Waals surface area contributed by atoms with E-state index in [2.05, 4.69) is 45.1 Å². The lowest BCUT2D eigenvalue weighted by Crippen LogP contribution is -2.27. The van der Waals surface area contributed by atoms with Gasteiger partial charge in [0.15, 0.2) is 0 Å². The van der Waals surface area contributed by atoms with Crippen molar-refractivity contribution < 1.29 is 5.11 Å². The van der Waals surface area contributed by atoms with Crippen molar-refractivity contribution in [3.05, 3.63) is 16.5 Å². The van der Waals surface area contributed by atoms with Crippen LogP contribution in [0.4, 0.5) is 5.82 Å². The summed E-state index contributed by atoms with van der Waals surface area (Å²) in [5.74, 6) is 1.97. The van der Waals surface area contributed by atoms with Crippen molar-refractivity contribution in [2.24, 2.45) is 5.92 Å². The van der Waals surface area contributed by atoms with Gasteiger partial charge in [-0.15, -0.1) is 0 Å². The molecule has 0 aromatic carbocycles. The molecule has 2 N–H and O–H groups in total. The molecule has 1 rings (SSSR count). The Morgan fingerprint density at radius 2 is 2.12 bits per heavy atom. The highest BCUT2D eigenvalue weighted by atomic mass is 79.9. The largest absolute Gasteiger partial charge is 0.396 e. The average molecular weight is 288 g/mol. The molecule has 1 aromatic heterocycles. The van der Waals surface area contributed by atoms with E-state index in [1.807, 2.05) is 13.0 Å². The molecule has 0 saturated heterocycles. The summed E-state index contributed by atoms with van der Waals surface area (Å²) in [7, 11) is 0. The smallest absolute Gasteiger partial charge is 0.131 e. The summed E-state index contributed by atoms with van der Waals surface area (Å²) in [5.41, 5.74) is 0. The van der Waals surface area contributed by atoms with Crippen molar-refractivity contribution >= 4 is 21.7 Å². The summed E-state index contributed by atoms with van der Waals surface area (Å²) in [6.07, 6.45) is 0.721. The molecule has 0 bridgehead atoms. The standard InChI is InChI=1S/C11H18BrN3O/c1-7(2)9(4-5-16)15-11-6-10(12)13-8(3)14-11/h6-7,9,16H,4-5H2,1-3H3,(H,13,14,15). The van der Waals surface area contributed by atoms with E-state index in [0.717, 1.165) is 22.7 Å². The number of nitrogens with one attached hydrogen (secondary N) is 1. The van der Waals surface area contributed by atoms with E-state index in [-0.39, 0.29) is 12.6 Å². The second-order valence-corrected chi connectivity index (χ2v) is 4.94. The number of hydrogen-bond donors (Lipinski definition) is 2. The van der Waals surface area contributed by atoms with Crippen molar-refractivity contribution in [1.29, 1.82) is 0 Å². The lowest BCUT2D eigenvalue weighted by Gasteiger charge is -2.22. The number of hydrogen-bond acceptors (Lipinski definition) is 4. The molecule has 0 radical (unpaired) electrons. The first kappa shape index (κ1) is 13.4. The van der Waals surface area contributed by atoms with E-state index < -0.39 is 0 Å². The van der Waals surface area contributed by atoms with E-state index in [4.69, 9.17) is 5.11 Å². The highest BCUT2D eigenvalue weighted by Crippen LogP contribution is 2.16. The van der Waals surface area contributed by atoms with Gasteiger partial charge in [-0.1, -0.05) is 13.8 Å². The molecule has 0 spiro atoms. The molecule has 0 amide bonds. The lowest BCUT2D eigenvalue weighted by atomic mass is 10.0. The van der Waals surface area contributed by atoms with Crippen LogP contribution in [-0.2, 0) is 0 Å². The normalized spacial score (nSPS) is 12.9. The van der Waals surface area contributed by atoms with E-state index in [1.54, 1.807) is 0 Å². The van der Waals surface area contributed by atoms with Crippen molar-refractivity contribution in [1.82, 2.24) is 9.97 Å². The fourth-order valence-electron chi connectivity index (χ4n) is 1.51. The first-order valence-corrected chi connectivity index (χ1v) is 6.20. The highest BCUT2D eigenvalue weighted by Gasteiger charge is 2.13. The minimum Gasteiger partial charge on any atom is -0.396 e. The molecule has 0 saturated carbocycles. The van der Waals surface area contributed by atoms with Crippen LogP contribution in [-0.4, -0.2) is 27.7 Å². The van der Waals surface area contributed by atoms with Gasteiger partial charge in [0.2, 0.25) is 0 Å². The van der Waals surface area contributed by atoms with Gasteiger partial charge in [0.1, 0.15) is 16.2 Å². The number of rotatable bonds is 5. The van der Waals surface area contributed by atoms with Gasteiger partial charge in [-0.05, 0) is 35.2 Å². The molecular weight excluding hydrogens is 270 g/mol.